The summed E-state index contributed by atoms with van der Waals surface area (Å²) in [7, 11) is 0. The largest absolute Gasteiger partial charge is 0.493 e. The van der Waals surface area contributed by atoms with E-state index in [1.165, 1.54) is 6.07 Å². The van der Waals surface area contributed by atoms with Crippen LogP contribution in [0.5, 0.6) is 5.75 Å². The van der Waals surface area contributed by atoms with Gasteiger partial charge in [0.2, 0.25) is 0 Å². The predicted octanol–water partition coefficient (Wildman–Crippen LogP) is 6.11. The Balaban J connectivity index is 1.47. The van der Waals surface area contributed by atoms with Crippen LogP contribution in [0.15, 0.2) is 47.8 Å². The molecule has 2 amide bonds. The minimum atomic E-state index is -1.30. The van der Waals surface area contributed by atoms with Crippen LogP contribution in [0.3, 0.4) is 0 Å². The molecule has 0 unspecified atom stereocenters. The predicted molar refractivity (Wildman–Crippen MR) is 171 cm³/mol. The molecular weight excluding hydrogens is 576 g/mol. The highest BCUT2D eigenvalue weighted by atomic mass is 32.1. The summed E-state index contributed by atoms with van der Waals surface area (Å²) >= 11 is 1.57. The second-order valence-corrected chi connectivity index (χ2v) is 12.3. The third kappa shape index (κ3) is 5.70. The zero-order valence-corrected chi connectivity index (χ0v) is 25.5. The summed E-state index contributed by atoms with van der Waals surface area (Å²) < 4.78 is 6.14. The number of rotatable bonds is 7. The Morgan fingerprint density at radius 1 is 1.00 bits per heavy atom. The van der Waals surface area contributed by atoms with E-state index >= 15 is 0 Å². The number of ether oxygens (including phenoxy) is 1. The number of hydrogen-bond donors (Lipinski definition) is 4. The molecule has 1 fully saturated rings. The second kappa shape index (κ2) is 12.2. The van der Waals surface area contributed by atoms with Gasteiger partial charge in [0.15, 0.2) is 5.69 Å². The Morgan fingerprint density at radius 3 is 2.45 bits per heavy atom. The molecule has 5 N–H and O–H groups in total. The summed E-state index contributed by atoms with van der Waals surface area (Å²) in [6, 6.07) is 12.5. The number of amides is 2. The number of benzene rings is 2. The topological polar surface area (TPSA) is 144 Å². The average Bonchev–Trinajstić information content (AvgIpc) is 3.67. The summed E-state index contributed by atoms with van der Waals surface area (Å²) in [6.45, 7) is 4.64. The summed E-state index contributed by atoms with van der Waals surface area (Å²) in [5.41, 5.74) is 11.6. The molecule has 1 saturated carbocycles. The van der Waals surface area contributed by atoms with E-state index in [2.05, 4.69) is 21.7 Å². The van der Waals surface area contributed by atoms with Gasteiger partial charge in [0.25, 0.3) is 11.8 Å². The van der Waals surface area contributed by atoms with Gasteiger partial charge in [0.05, 0.1) is 6.61 Å². The van der Waals surface area contributed by atoms with Gasteiger partial charge < -0.3 is 26.2 Å². The number of aryl methyl sites for hydroxylation is 2. The van der Waals surface area contributed by atoms with Crippen LogP contribution < -0.4 is 21.1 Å². The highest BCUT2D eigenvalue weighted by Gasteiger charge is 2.27. The van der Waals surface area contributed by atoms with Crippen LogP contribution in [0, 0.1) is 13.8 Å². The number of carbonyl (C=O) groups is 3. The molecule has 9 nitrogen and oxygen atoms in total. The molecule has 1 aliphatic carbocycles. The third-order valence-corrected chi connectivity index (χ3v) is 9.35. The Hall–Kier alpha value is -4.54. The number of aromatic carboxylic acids is 1. The van der Waals surface area contributed by atoms with Crippen molar-refractivity contribution in [3.63, 3.8) is 0 Å². The summed E-state index contributed by atoms with van der Waals surface area (Å²) in [4.78, 5) is 45.0. The Bertz CT molecular complexity index is 1770. The van der Waals surface area contributed by atoms with Gasteiger partial charge in [-0.3, -0.25) is 9.59 Å². The Labute approximate surface area is 259 Å². The van der Waals surface area contributed by atoms with Crippen LogP contribution in [0.2, 0.25) is 0 Å². The zero-order valence-electron chi connectivity index (χ0n) is 24.7. The van der Waals surface area contributed by atoms with E-state index in [0.717, 1.165) is 58.4 Å². The number of thiophene rings is 1. The Morgan fingerprint density at radius 2 is 1.75 bits per heavy atom. The lowest BCUT2D eigenvalue weighted by atomic mass is 9.93. The normalized spacial score (nSPS) is 14.2. The van der Waals surface area contributed by atoms with Gasteiger partial charge >= 0.3 is 5.97 Å². The van der Waals surface area contributed by atoms with Crippen molar-refractivity contribution < 1.29 is 24.2 Å². The number of hydrogen-bond acceptors (Lipinski definition) is 7. The van der Waals surface area contributed by atoms with E-state index in [-0.39, 0.29) is 28.6 Å². The van der Waals surface area contributed by atoms with Gasteiger partial charge in [-0.05, 0) is 84.7 Å². The van der Waals surface area contributed by atoms with Crippen molar-refractivity contribution in [2.24, 2.45) is 5.73 Å². The molecule has 2 aliphatic rings. The van der Waals surface area contributed by atoms with Crippen molar-refractivity contribution in [1.29, 1.82) is 0 Å². The first-order valence-electron chi connectivity index (χ1n) is 14.8. The van der Waals surface area contributed by atoms with Crippen molar-refractivity contribution in [1.82, 2.24) is 10.3 Å². The third-order valence-electron chi connectivity index (χ3n) is 8.36. The molecule has 44 heavy (non-hydrogen) atoms. The number of aromatic nitrogens is 1. The first-order chi connectivity index (χ1) is 21.2. The first kappa shape index (κ1) is 29.5. The van der Waals surface area contributed by atoms with E-state index in [1.54, 1.807) is 29.5 Å². The first-order valence-corrected chi connectivity index (χ1v) is 15.7. The Kier molecular flexibility index (Phi) is 8.20. The highest BCUT2D eigenvalue weighted by Crippen LogP contribution is 2.43. The minimum Gasteiger partial charge on any atom is -0.493 e. The van der Waals surface area contributed by atoms with Crippen molar-refractivity contribution >= 4 is 34.8 Å². The number of pyridine rings is 1. The lowest BCUT2D eigenvalue weighted by molar-refractivity contribution is 0.0691. The molecule has 3 heterocycles. The molecule has 0 bridgehead atoms. The summed E-state index contributed by atoms with van der Waals surface area (Å²) in [5, 5.41) is 18.3. The van der Waals surface area contributed by atoms with Crippen molar-refractivity contribution in [3.8, 4) is 27.3 Å². The van der Waals surface area contributed by atoms with E-state index in [9.17, 15) is 19.5 Å². The lowest BCUT2D eigenvalue weighted by Crippen LogP contribution is -2.33. The fraction of sp³-hybridized carbons (Fsp3) is 0.294. The van der Waals surface area contributed by atoms with E-state index in [4.69, 9.17) is 10.5 Å². The summed E-state index contributed by atoms with van der Waals surface area (Å²) in [6.07, 6.45) is 4.59. The molecule has 0 atom stereocenters. The van der Waals surface area contributed by atoms with E-state index < -0.39 is 17.8 Å². The van der Waals surface area contributed by atoms with Crippen molar-refractivity contribution in [2.45, 2.75) is 58.5 Å². The molecule has 226 valence electrons. The van der Waals surface area contributed by atoms with Crippen LogP contribution in [0.1, 0.15) is 79.3 Å². The second-order valence-electron chi connectivity index (χ2n) is 11.4. The van der Waals surface area contributed by atoms with Gasteiger partial charge in [-0.2, -0.15) is 0 Å². The number of nitrogens with zero attached hydrogens (tertiary/aromatic N) is 1. The average molecular weight is 611 g/mol. The van der Waals surface area contributed by atoms with Crippen molar-refractivity contribution in [3.05, 3.63) is 87.0 Å². The minimum absolute atomic E-state index is 0.0181. The van der Waals surface area contributed by atoms with Crippen LogP contribution in [-0.2, 0) is 13.0 Å². The molecule has 2 aromatic heterocycles. The number of fused-ring (bicyclic) bond motifs is 3. The maximum absolute atomic E-state index is 14.1. The number of carbonyl (C=O) groups excluding carboxylic acids is 2. The molecular formula is C34H34N4O5S. The zero-order chi connectivity index (χ0) is 31.0. The van der Waals surface area contributed by atoms with Gasteiger partial charge in [0, 0.05) is 51.8 Å². The van der Waals surface area contributed by atoms with Gasteiger partial charge in [-0.25, -0.2) is 9.78 Å². The lowest BCUT2D eigenvalue weighted by Gasteiger charge is -2.19. The van der Waals surface area contributed by atoms with Gasteiger partial charge in [0.1, 0.15) is 11.4 Å². The number of nitrogens with two attached hydrogens (primary N) is 1. The van der Waals surface area contributed by atoms with Gasteiger partial charge in [-0.1, -0.05) is 25.0 Å². The number of carboxylic acid groups (broad SMARTS) is 1. The molecule has 2 aromatic carbocycles. The quantitative estimate of drug-likeness (QED) is 0.198. The molecule has 0 saturated heterocycles. The van der Waals surface area contributed by atoms with E-state index in [1.807, 2.05) is 31.4 Å². The molecule has 0 radical (unpaired) electrons. The fourth-order valence-corrected chi connectivity index (χ4v) is 7.15. The number of nitrogens with one attached hydrogen (secondary N) is 2. The van der Waals surface area contributed by atoms with E-state index in [0.29, 0.717) is 36.6 Å². The molecule has 10 heteroatoms. The van der Waals surface area contributed by atoms with Gasteiger partial charge in [-0.15, -0.1) is 11.3 Å². The van der Waals surface area contributed by atoms with Crippen LogP contribution in [0.25, 0.3) is 21.6 Å². The van der Waals surface area contributed by atoms with Crippen LogP contribution in [0.4, 0.5) is 5.69 Å². The molecule has 4 aromatic rings. The summed E-state index contributed by atoms with van der Waals surface area (Å²) in [5.74, 6) is -1.57. The molecule has 6 rings (SSSR count). The SMILES string of the molecule is Cc1cc(CN)cc(C)c1NC(=O)c1cc2c(cc1-c1ccc(C(=O)NC3CCCC3)nc1C(=O)O)OCCc1ccsc1-2. The maximum Gasteiger partial charge on any atom is 0.355 e. The highest BCUT2D eigenvalue weighted by molar-refractivity contribution is 7.13. The molecule has 1 aliphatic heterocycles. The standard InChI is InChI=1S/C34H34N4O5S/c1-18-13-20(17-35)14-19(2)29(18)38-32(39)25-15-26-28(43-11-9-21-10-12-44-31(21)26)16-24(25)23-7-8-27(37-30(23)34(41)42)33(40)36-22-5-3-4-6-22/h7-8,10,12-16,22H,3-6,9,11,17,35H2,1-2H3,(H,36,40)(H,38,39)(H,41,42). The van der Waals surface area contributed by atoms with Crippen molar-refractivity contribution in [2.75, 3.05) is 11.9 Å². The monoisotopic (exact) mass is 610 g/mol. The maximum atomic E-state index is 14.1. The number of carboxylic acids is 1. The number of anilines is 1. The smallest absolute Gasteiger partial charge is 0.355 e. The van der Waals surface area contributed by atoms with Crippen LogP contribution in [-0.4, -0.2) is 40.5 Å². The fourth-order valence-electron chi connectivity index (χ4n) is 6.17. The van der Waals surface area contributed by atoms with Crippen LogP contribution >= 0.6 is 11.3 Å². The molecule has 0 spiro atoms.